The summed E-state index contributed by atoms with van der Waals surface area (Å²) in [6.45, 7) is 7.37. The zero-order chi connectivity index (χ0) is 21.1. The third-order valence-corrected chi connectivity index (χ3v) is 5.28. The molecule has 3 heterocycles. The number of ether oxygens (including phenoxy) is 1. The van der Waals surface area contributed by atoms with Crippen molar-refractivity contribution in [3.63, 3.8) is 0 Å². The van der Waals surface area contributed by atoms with E-state index in [1.54, 1.807) is 4.90 Å². The lowest BCUT2D eigenvalue weighted by Crippen LogP contribution is -2.51. The number of amides is 2. The Morgan fingerprint density at radius 1 is 1.07 bits per heavy atom. The molecule has 2 aliphatic heterocycles. The van der Waals surface area contributed by atoms with E-state index < -0.39 is 6.09 Å². The number of carbonyl (C=O) groups is 2. The molecule has 2 aliphatic rings. The predicted octanol–water partition coefficient (Wildman–Crippen LogP) is 1.94. The summed E-state index contributed by atoms with van der Waals surface area (Å²) in [5.41, 5.74) is 2.18. The molecule has 1 N–H and O–H groups in total. The van der Waals surface area contributed by atoms with Gasteiger partial charge in [-0.25, -0.2) is 14.8 Å². The quantitative estimate of drug-likeness (QED) is 0.805. The lowest BCUT2D eigenvalue weighted by Gasteiger charge is -2.36. The molecule has 30 heavy (non-hydrogen) atoms. The number of anilines is 3. The average Bonchev–Trinajstić information content (AvgIpc) is 3.14. The zero-order valence-electron chi connectivity index (χ0n) is 17.3. The van der Waals surface area contributed by atoms with Crippen molar-refractivity contribution in [1.82, 2.24) is 19.8 Å². The molecule has 0 unspecified atom stereocenters. The summed E-state index contributed by atoms with van der Waals surface area (Å²) in [7, 11) is 0. The lowest BCUT2D eigenvalue weighted by atomic mass is 10.2. The van der Waals surface area contributed by atoms with Crippen molar-refractivity contribution in [1.29, 1.82) is 0 Å². The van der Waals surface area contributed by atoms with Gasteiger partial charge in [0.25, 0.3) is 0 Å². The first-order valence-corrected chi connectivity index (χ1v) is 10.1. The molecule has 1 aromatic carbocycles. The van der Waals surface area contributed by atoms with E-state index in [0.29, 0.717) is 45.2 Å². The lowest BCUT2D eigenvalue weighted by molar-refractivity contribution is -0.132. The summed E-state index contributed by atoms with van der Waals surface area (Å²) in [5, 5.41) is 3.33. The number of nitrogens with one attached hydrogen (secondary N) is 1. The summed E-state index contributed by atoms with van der Waals surface area (Å²) >= 11 is 0. The smallest absolute Gasteiger partial charge is 0.410 e. The number of cyclic esters (lactones) is 1. The highest BCUT2D eigenvalue weighted by molar-refractivity contribution is 5.83. The zero-order valence-corrected chi connectivity index (χ0v) is 17.3. The van der Waals surface area contributed by atoms with E-state index in [2.05, 4.69) is 39.2 Å². The van der Waals surface area contributed by atoms with E-state index in [0.717, 1.165) is 17.3 Å². The first kappa shape index (κ1) is 19.9. The molecule has 1 aromatic heterocycles. The fourth-order valence-corrected chi connectivity index (χ4v) is 3.58. The van der Waals surface area contributed by atoms with Crippen LogP contribution in [0.2, 0.25) is 0 Å². The Morgan fingerprint density at radius 2 is 1.80 bits per heavy atom. The summed E-state index contributed by atoms with van der Waals surface area (Å²) in [6.07, 6.45) is -0.410. The van der Waals surface area contributed by atoms with Gasteiger partial charge in [-0.3, -0.25) is 9.69 Å². The first-order chi connectivity index (χ1) is 14.5. The third-order valence-electron chi connectivity index (χ3n) is 5.28. The molecule has 0 spiro atoms. The number of benzene rings is 1. The maximum atomic E-state index is 12.5. The molecule has 0 bridgehead atoms. The Bertz CT molecular complexity index is 925. The molecule has 0 saturated carbocycles. The van der Waals surface area contributed by atoms with E-state index in [1.807, 2.05) is 25.1 Å². The normalized spacial score (nSPS) is 16.6. The van der Waals surface area contributed by atoms with Crippen LogP contribution >= 0.6 is 0 Å². The van der Waals surface area contributed by atoms with Crippen molar-refractivity contribution in [2.24, 2.45) is 0 Å². The maximum Gasteiger partial charge on any atom is 0.410 e. The van der Waals surface area contributed by atoms with Crippen molar-refractivity contribution >= 4 is 29.3 Å². The molecule has 0 atom stereocenters. The molecule has 9 heteroatoms. The van der Waals surface area contributed by atoms with Gasteiger partial charge in [-0.1, -0.05) is 17.7 Å². The van der Waals surface area contributed by atoms with Crippen molar-refractivity contribution in [2.75, 3.05) is 56.1 Å². The molecule has 4 rings (SSSR count). The molecule has 2 fully saturated rings. The van der Waals surface area contributed by atoms with Gasteiger partial charge in [-0.05, 0) is 26.0 Å². The molecule has 9 nitrogen and oxygen atoms in total. The van der Waals surface area contributed by atoms with Crippen LogP contribution in [0.5, 0.6) is 0 Å². The van der Waals surface area contributed by atoms with Gasteiger partial charge in [0.1, 0.15) is 30.6 Å². The van der Waals surface area contributed by atoms with Gasteiger partial charge in [0.15, 0.2) is 0 Å². The van der Waals surface area contributed by atoms with E-state index in [1.165, 1.54) is 10.5 Å². The molecule has 2 amide bonds. The number of aromatic nitrogens is 2. The summed E-state index contributed by atoms with van der Waals surface area (Å²) in [6, 6.07) is 10.1. The Morgan fingerprint density at radius 3 is 2.47 bits per heavy atom. The number of aryl methyl sites for hydroxylation is 2. The van der Waals surface area contributed by atoms with Crippen LogP contribution < -0.4 is 10.2 Å². The fraction of sp³-hybridized carbons (Fsp3) is 0.429. The largest absolute Gasteiger partial charge is 0.448 e. The van der Waals surface area contributed by atoms with E-state index in [4.69, 9.17) is 4.74 Å². The van der Waals surface area contributed by atoms with Crippen LogP contribution in [0, 0.1) is 13.8 Å². The Hall–Kier alpha value is -3.36. The van der Waals surface area contributed by atoms with Crippen LogP contribution in [0.25, 0.3) is 0 Å². The van der Waals surface area contributed by atoms with Crippen LogP contribution in [0.1, 0.15) is 11.4 Å². The van der Waals surface area contributed by atoms with Gasteiger partial charge in [-0.2, -0.15) is 0 Å². The topological polar surface area (TPSA) is 90.9 Å². The summed E-state index contributed by atoms with van der Waals surface area (Å²) in [4.78, 5) is 38.5. The van der Waals surface area contributed by atoms with Crippen molar-refractivity contribution in [3.05, 3.63) is 41.7 Å². The number of piperazine rings is 1. The van der Waals surface area contributed by atoms with Gasteiger partial charge in [0.05, 0.1) is 6.54 Å². The third kappa shape index (κ3) is 4.61. The van der Waals surface area contributed by atoms with Crippen LogP contribution in [0.3, 0.4) is 0 Å². The highest BCUT2D eigenvalue weighted by Gasteiger charge is 2.28. The average molecular weight is 410 g/mol. The van der Waals surface area contributed by atoms with E-state index in [9.17, 15) is 9.59 Å². The van der Waals surface area contributed by atoms with E-state index >= 15 is 0 Å². The fourth-order valence-electron chi connectivity index (χ4n) is 3.58. The van der Waals surface area contributed by atoms with Crippen molar-refractivity contribution in [2.45, 2.75) is 13.8 Å². The van der Waals surface area contributed by atoms with Crippen LogP contribution in [-0.2, 0) is 9.53 Å². The van der Waals surface area contributed by atoms with Crippen molar-refractivity contribution in [3.8, 4) is 0 Å². The number of rotatable bonds is 5. The van der Waals surface area contributed by atoms with Gasteiger partial charge in [0, 0.05) is 37.9 Å². The van der Waals surface area contributed by atoms with Gasteiger partial charge in [-0.15, -0.1) is 0 Å². The summed E-state index contributed by atoms with van der Waals surface area (Å²) in [5.74, 6) is 2.22. The molecule has 2 aromatic rings. The van der Waals surface area contributed by atoms with Crippen LogP contribution in [0.15, 0.2) is 30.3 Å². The number of hydrogen-bond donors (Lipinski definition) is 1. The highest BCUT2D eigenvalue weighted by atomic mass is 16.6. The Kier molecular flexibility index (Phi) is 5.69. The second kappa shape index (κ2) is 8.56. The monoisotopic (exact) mass is 410 g/mol. The Balaban J connectivity index is 1.37. The van der Waals surface area contributed by atoms with Gasteiger partial charge >= 0.3 is 6.09 Å². The second-order valence-corrected chi connectivity index (χ2v) is 7.55. The molecule has 158 valence electrons. The minimum atomic E-state index is -0.410. The second-order valence-electron chi connectivity index (χ2n) is 7.55. The molecule has 0 radical (unpaired) electrons. The summed E-state index contributed by atoms with van der Waals surface area (Å²) < 4.78 is 4.89. The van der Waals surface area contributed by atoms with Gasteiger partial charge < -0.3 is 19.9 Å². The molecule has 2 saturated heterocycles. The maximum absolute atomic E-state index is 12.5. The van der Waals surface area contributed by atoms with E-state index in [-0.39, 0.29) is 12.5 Å². The van der Waals surface area contributed by atoms with Crippen molar-refractivity contribution < 1.29 is 14.3 Å². The van der Waals surface area contributed by atoms with Crippen LogP contribution in [-0.4, -0.2) is 77.6 Å². The Labute approximate surface area is 175 Å². The standard InChI is InChI=1S/C21H26N6O3/c1-15-3-5-17(6-4-15)24-18-13-19(23-16(2)22-18)25-7-9-26(10-8-25)20(28)14-27-11-12-30-21(27)29/h3-6,13H,7-12,14H2,1-2H3,(H,22,23,24). The SMILES string of the molecule is Cc1ccc(Nc2cc(N3CCN(C(=O)CN4CCOC4=O)CC3)nc(C)n2)cc1. The minimum Gasteiger partial charge on any atom is -0.448 e. The molecule has 0 aliphatic carbocycles. The highest BCUT2D eigenvalue weighted by Crippen LogP contribution is 2.21. The number of hydrogen-bond acceptors (Lipinski definition) is 7. The number of carbonyl (C=O) groups excluding carboxylic acids is 2. The first-order valence-electron chi connectivity index (χ1n) is 10.1. The predicted molar refractivity (Wildman–Crippen MR) is 113 cm³/mol. The molecular formula is C21H26N6O3. The minimum absolute atomic E-state index is 0.0471. The number of nitrogens with zero attached hydrogens (tertiary/aromatic N) is 5. The van der Waals surface area contributed by atoms with Gasteiger partial charge in [0.2, 0.25) is 5.91 Å². The van der Waals surface area contributed by atoms with Crippen LogP contribution in [0.4, 0.5) is 22.1 Å². The molecular weight excluding hydrogens is 384 g/mol.